The second-order valence-corrected chi connectivity index (χ2v) is 5.86. The first-order valence-electron chi connectivity index (χ1n) is 7.99. The molecule has 0 aliphatic carbocycles. The minimum absolute atomic E-state index is 0.0255. The van der Waals surface area contributed by atoms with Gasteiger partial charge in [0.15, 0.2) is 11.6 Å². The van der Waals surface area contributed by atoms with Gasteiger partial charge < -0.3 is 14.9 Å². The largest absolute Gasteiger partial charge is 0.497 e. The first kappa shape index (κ1) is 18.6. The van der Waals surface area contributed by atoms with Gasteiger partial charge in [-0.1, -0.05) is 41.0 Å². The lowest BCUT2D eigenvalue weighted by Gasteiger charge is -2.08. The molecule has 1 heterocycles. The van der Waals surface area contributed by atoms with E-state index in [-0.39, 0.29) is 11.8 Å². The smallest absolute Gasteiger partial charge is 0.347 e. The summed E-state index contributed by atoms with van der Waals surface area (Å²) in [5, 5.41) is 7.33. The van der Waals surface area contributed by atoms with Crippen LogP contribution in [0.5, 0.6) is 11.8 Å². The molecular weight excluding hydrogens is 371 g/mol. The van der Waals surface area contributed by atoms with Gasteiger partial charge in [0.25, 0.3) is 0 Å². The van der Waals surface area contributed by atoms with Crippen molar-refractivity contribution < 1.29 is 14.0 Å². The molecule has 0 saturated carbocycles. The minimum atomic E-state index is -0.586. The first-order chi connectivity index (χ1) is 13.1. The summed E-state index contributed by atoms with van der Waals surface area (Å²) < 4.78 is 19.0. The maximum absolute atomic E-state index is 13.9. The number of ether oxygens (including phenoxy) is 1. The van der Waals surface area contributed by atoms with E-state index in [1.54, 1.807) is 31.4 Å². The van der Waals surface area contributed by atoms with Crippen LogP contribution in [0.4, 0.5) is 10.2 Å². The number of hydrogen-bond donors (Lipinski definition) is 1. The Bertz CT molecular complexity index is 918. The van der Waals surface area contributed by atoms with Gasteiger partial charge in [0.05, 0.1) is 19.5 Å². The van der Waals surface area contributed by atoms with Gasteiger partial charge in [-0.2, -0.15) is 9.97 Å². The van der Waals surface area contributed by atoms with Gasteiger partial charge in [0.2, 0.25) is 0 Å². The summed E-state index contributed by atoms with van der Waals surface area (Å²) in [7, 11) is 1.60. The summed E-state index contributed by atoms with van der Waals surface area (Å²) in [6.45, 7) is 0.380. The third-order valence-corrected chi connectivity index (χ3v) is 3.80. The molecule has 0 bridgehead atoms. The van der Waals surface area contributed by atoms with Crippen molar-refractivity contribution in [3.63, 3.8) is 0 Å². The van der Waals surface area contributed by atoms with Crippen LogP contribution >= 0.6 is 11.6 Å². The Balaban J connectivity index is 1.61. The Kier molecular flexibility index (Phi) is 6.17. The molecule has 6 nitrogen and oxygen atoms in total. The molecule has 1 N–H and O–H groups in total. The predicted octanol–water partition coefficient (Wildman–Crippen LogP) is 4.30. The molecule has 0 radical (unpaired) electrons. The second kappa shape index (κ2) is 8.95. The van der Waals surface area contributed by atoms with Gasteiger partial charge in [0.1, 0.15) is 5.75 Å². The highest BCUT2D eigenvalue weighted by atomic mass is 35.5. The fraction of sp³-hybridized carbons (Fsp3) is 0.105. The number of oxime groups is 1. The zero-order valence-electron chi connectivity index (χ0n) is 14.4. The highest BCUT2D eigenvalue weighted by molar-refractivity contribution is 6.30. The van der Waals surface area contributed by atoms with E-state index in [1.165, 1.54) is 6.21 Å². The number of nitrogens with zero attached hydrogens (tertiary/aromatic N) is 3. The Hall–Kier alpha value is -3.19. The van der Waals surface area contributed by atoms with Gasteiger partial charge in [0, 0.05) is 11.6 Å². The zero-order chi connectivity index (χ0) is 19.1. The number of hydrogen-bond acceptors (Lipinski definition) is 6. The van der Waals surface area contributed by atoms with E-state index in [0.717, 1.165) is 23.1 Å². The van der Waals surface area contributed by atoms with E-state index in [0.29, 0.717) is 11.6 Å². The molecule has 2 aromatic carbocycles. The number of anilines is 1. The van der Waals surface area contributed by atoms with E-state index in [4.69, 9.17) is 21.2 Å². The summed E-state index contributed by atoms with van der Waals surface area (Å²) in [6, 6.07) is 14.4. The molecule has 0 saturated heterocycles. The maximum atomic E-state index is 13.9. The summed E-state index contributed by atoms with van der Waals surface area (Å²) in [6.07, 6.45) is 2.50. The summed E-state index contributed by atoms with van der Waals surface area (Å²) in [5.74, 6) is 0.191. The number of nitrogens with one attached hydrogen (secondary N) is 1. The van der Waals surface area contributed by atoms with Crippen molar-refractivity contribution in [3.8, 4) is 11.8 Å². The van der Waals surface area contributed by atoms with Crippen LogP contribution in [0.2, 0.25) is 5.02 Å². The molecule has 0 spiro atoms. The number of benzene rings is 2. The summed E-state index contributed by atoms with van der Waals surface area (Å²) in [4.78, 5) is 12.9. The van der Waals surface area contributed by atoms with Crippen LogP contribution in [-0.2, 0) is 6.54 Å². The van der Waals surface area contributed by atoms with Gasteiger partial charge in [-0.15, -0.1) is 0 Å². The monoisotopic (exact) mass is 386 g/mol. The zero-order valence-corrected chi connectivity index (χ0v) is 15.2. The summed E-state index contributed by atoms with van der Waals surface area (Å²) in [5.41, 5.74) is 1.73. The number of aromatic nitrogens is 2. The lowest BCUT2D eigenvalue weighted by Crippen LogP contribution is -2.05. The van der Waals surface area contributed by atoms with E-state index in [1.807, 2.05) is 24.3 Å². The number of halogens is 2. The van der Waals surface area contributed by atoms with Crippen molar-refractivity contribution in [1.29, 1.82) is 0 Å². The van der Waals surface area contributed by atoms with Gasteiger partial charge >= 0.3 is 6.01 Å². The fourth-order valence-corrected chi connectivity index (χ4v) is 2.26. The van der Waals surface area contributed by atoms with Crippen molar-refractivity contribution in [2.45, 2.75) is 6.54 Å². The van der Waals surface area contributed by atoms with Crippen LogP contribution in [-0.4, -0.2) is 23.3 Å². The summed E-state index contributed by atoms with van der Waals surface area (Å²) >= 11 is 5.82. The number of methoxy groups -OCH3 is 1. The second-order valence-electron chi connectivity index (χ2n) is 5.43. The van der Waals surface area contributed by atoms with E-state index in [9.17, 15) is 4.39 Å². The molecule has 0 aliphatic heterocycles. The van der Waals surface area contributed by atoms with Crippen LogP contribution in [0, 0.1) is 5.82 Å². The third-order valence-electron chi connectivity index (χ3n) is 3.55. The Morgan fingerprint density at radius 2 is 1.89 bits per heavy atom. The highest BCUT2D eigenvalue weighted by Crippen LogP contribution is 2.16. The van der Waals surface area contributed by atoms with Crippen molar-refractivity contribution in [2.75, 3.05) is 12.4 Å². The minimum Gasteiger partial charge on any atom is -0.497 e. The molecule has 3 aromatic rings. The molecule has 8 heteroatoms. The Morgan fingerprint density at radius 3 is 2.59 bits per heavy atom. The van der Waals surface area contributed by atoms with Gasteiger partial charge in [-0.05, 0) is 35.4 Å². The molecule has 138 valence electrons. The normalized spacial score (nSPS) is 10.8. The maximum Gasteiger partial charge on any atom is 0.347 e. The van der Waals surface area contributed by atoms with Crippen LogP contribution in [0.1, 0.15) is 11.1 Å². The standard InChI is InChI=1S/C19H16ClFN4O2/c1-26-16-8-4-13(5-9-16)10-22-18-17(21)12-23-19(25-18)27-24-11-14-2-6-15(20)7-3-14/h2-9,11-12H,10H2,1H3,(H,22,23,25)/b24-11+. The van der Waals surface area contributed by atoms with E-state index < -0.39 is 5.82 Å². The van der Waals surface area contributed by atoms with Crippen molar-refractivity contribution in [1.82, 2.24) is 9.97 Å². The number of rotatable bonds is 7. The van der Waals surface area contributed by atoms with Crippen LogP contribution < -0.4 is 14.9 Å². The van der Waals surface area contributed by atoms with Crippen molar-refractivity contribution in [2.24, 2.45) is 5.16 Å². The SMILES string of the molecule is COc1ccc(CNc2nc(O/N=C/c3ccc(Cl)cc3)ncc2F)cc1. The molecule has 0 amide bonds. The lowest BCUT2D eigenvalue weighted by atomic mass is 10.2. The molecule has 0 unspecified atom stereocenters. The van der Waals surface area contributed by atoms with E-state index in [2.05, 4.69) is 20.4 Å². The molecule has 27 heavy (non-hydrogen) atoms. The topological polar surface area (TPSA) is 68.6 Å². The highest BCUT2D eigenvalue weighted by Gasteiger charge is 2.08. The molecule has 0 fully saturated rings. The van der Waals surface area contributed by atoms with Crippen LogP contribution in [0.25, 0.3) is 0 Å². The van der Waals surface area contributed by atoms with E-state index >= 15 is 0 Å². The quantitative estimate of drug-likeness (QED) is 0.484. The predicted molar refractivity (Wildman–Crippen MR) is 102 cm³/mol. The average Bonchev–Trinajstić information content (AvgIpc) is 2.70. The molecular formula is C19H16ClFN4O2. The molecule has 1 aromatic heterocycles. The molecule has 0 aliphatic rings. The van der Waals surface area contributed by atoms with Crippen molar-refractivity contribution in [3.05, 3.63) is 76.7 Å². The Morgan fingerprint density at radius 1 is 1.15 bits per heavy atom. The average molecular weight is 387 g/mol. The van der Waals surface area contributed by atoms with Crippen LogP contribution in [0.3, 0.4) is 0 Å². The Labute approximate surface area is 160 Å². The lowest BCUT2D eigenvalue weighted by molar-refractivity contribution is 0.314. The van der Waals surface area contributed by atoms with Gasteiger partial charge in [-0.25, -0.2) is 4.39 Å². The third kappa shape index (κ3) is 5.39. The molecule has 0 atom stereocenters. The fourth-order valence-electron chi connectivity index (χ4n) is 2.13. The van der Waals surface area contributed by atoms with Gasteiger partial charge in [-0.3, -0.25) is 0 Å². The van der Waals surface area contributed by atoms with Crippen molar-refractivity contribution >= 4 is 23.6 Å². The molecule has 3 rings (SSSR count). The first-order valence-corrected chi connectivity index (χ1v) is 8.37. The van der Waals surface area contributed by atoms with Crippen LogP contribution in [0.15, 0.2) is 59.9 Å².